The van der Waals surface area contributed by atoms with Crippen molar-refractivity contribution in [3.8, 4) is 23.0 Å². The smallest absolute Gasteiger partial charge is 0.231 e. The molecule has 7 nitrogen and oxygen atoms in total. The molecule has 1 fully saturated rings. The van der Waals surface area contributed by atoms with E-state index in [0.29, 0.717) is 30.3 Å². The van der Waals surface area contributed by atoms with Crippen molar-refractivity contribution in [2.45, 2.75) is 6.29 Å². The number of fused-ring (bicyclic) bond motifs is 2. The Kier molecular flexibility index (Phi) is 5.53. The Morgan fingerprint density at radius 2 is 1.41 bits per heavy atom. The topological polar surface area (TPSA) is 72.5 Å². The van der Waals surface area contributed by atoms with E-state index in [0.717, 1.165) is 32.3 Å². The summed E-state index contributed by atoms with van der Waals surface area (Å²) in [4.78, 5) is 10.6. The van der Waals surface area contributed by atoms with Crippen LogP contribution in [0.25, 0.3) is 0 Å². The van der Waals surface area contributed by atoms with Crippen molar-refractivity contribution < 1.29 is 33.2 Å². The van der Waals surface area contributed by atoms with Crippen LogP contribution in [0.15, 0.2) is 33.2 Å². The molecule has 0 aromatic heterocycles. The summed E-state index contributed by atoms with van der Waals surface area (Å²) in [6, 6.07) is 7.30. The molecule has 2 aromatic carbocycles. The van der Waals surface area contributed by atoms with Crippen LogP contribution < -0.4 is 18.9 Å². The molecule has 0 amide bonds. The lowest BCUT2D eigenvalue weighted by atomic mass is 10.2. The number of benzene rings is 2. The highest BCUT2D eigenvalue weighted by atomic mass is 79.9. The molecule has 0 unspecified atom stereocenters. The Balaban J connectivity index is 0.000000137. The largest absolute Gasteiger partial charge is 0.454 e. The standard InChI is InChI=1S/C10H9BrO4.C8H5BrO3/c11-6-1-2-7-9(15-5-14-7)8(6)10-12-3-4-13-10;9-6-1-2-7-8(5(6)3-10)12-4-11-7/h1-2,10H,3-5H2;1-3H,4H2. The fourth-order valence-electron chi connectivity index (χ4n) is 2.79. The van der Waals surface area contributed by atoms with E-state index in [9.17, 15) is 4.79 Å². The lowest BCUT2D eigenvalue weighted by Crippen LogP contribution is -2.01. The monoisotopic (exact) mass is 500 g/mol. The summed E-state index contributed by atoms with van der Waals surface area (Å²) in [5.74, 6) is 2.61. The number of rotatable bonds is 2. The minimum atomic E-state index is -0.351. The predicted octanol–water partition coefficient (Wildman–Crippen LogP) is 4.21. The van der Waals surface area contributed by atoms with Crippen LogP contribution in [0.2, 0.25) is 0 Å². The summed E-state index contributed by atoms with van der Waals surface area (Å²) in [6.07, 6.45) is 0.397. The van der Waals surface area contributed by atoms with Crippen molar-refractivity contribution in [1.29, 1.82) is 0 Å². The van der Waals surface area contributed by atoms with Crippen molar-refractivity contribution in [3.63, 3.8) is 0 Å². The molecule has 0 spiro atoms. The van der Waals surface area contributed by atoms with Crippen LogP contribution in [0, 0.1) is 0 Å². The van der Waals surface area contributed by atoms with Crippen LogP contribution in [0.4, 0.5) is 0 Å². The summed E-state index contributed by atoms with van der Waals surface area (Å²) in [7, 11) is 0. The van der Waals surface area contributed by atoms with Gasteiger partial charge in [-0.25, -0.2) is 0 Å². The summed E-state index contributed by atoms with van der Waals surface area (Å²) in [5, 5.41) is 0. The Morgan fingerprint density at radius 1 is 0.815 bits per heavy atom. The maximum Gasteiger partial charge on any atom is 0.231 e. The zero-order valence-corrected chi connectivity index (χ0v) is 17.1. The molecule has 2 aromatic rings. The van der Waals surface area contributed by atoms with Gasteiger partial charge in [-0.05, 0) is 40.2 Å². The van der Waals surface area contributed by atoms with Crippen molar-refractivity contribution in [2.75, 3.05) is 26.8 Å². The molecule has 5 rings (SSSR count). The molecular formula is C18H14Br2O7. The average molecular weight is 502 g/mol. The van der Waals surface area contributed by atoms with E-state index < -0.39 is 0 Å². The summed E-state index contributed by atoms with van der Waals surface area (Å²) < 4.78 is 33.5. The first kappa shape index (κ1) is 18.5. The van der Waals surface area contributed by atoms with Gasteiger partial charge >= 0.3 is 0 Å². The van der Waals surface area contributed by atoms with E-state index in [2.05, 4.69) is 31.9 Å². The van der Waals surface area contributed by atoms with E-state index in [1.807, 2.05) is 12.1 Å². The molecule has 3 aliphatic heterocycles. The van der Waals surface area contributed by atoms with E-state index >= 15 is 0 Å². The number of hydrogen-bond acceptors (Lipinski definition) is 7. The van der Waals surface area contributed by atoms with Gasteiger partial charge in [0.2, 0.25) is 13.6 Å². The van der Waals surface area contributed by atoms with Gasteiger partial charge in [0.1, 0.15) is 0 Å². The first-order valence-electron chi connectivity index (χ1n) is 8.03. The van der Waals surface area contributed by atoms with Gasteiger partial charge < -0.3 is 28.4 Å². The first-order chi connectivity index (χ1) is 13.2. The lowest BCUT2D eigenvalue weighted by Gasteiger charge is -2.13. The van der Waals surface area contributed by atoms with Gasteiger partial charge in [-0.2, -0.15) is 0 Å². The van der Waals surface area contributed by atoms with Crippen LogP contribution >= 0.6 is 31.9 Å². The highest BCUT2D eigenvalue weighted by Gasteiger charge is 2.29. The Labute approximate surface area is 171 Å². The molecule has 142 valence electrons. The van der Waals surface area contributed by atoms with E-state index in [-0.39, 0.29) is 19.9 Å². The summed E-state index contributed by atoms with van der Waals surface area (Å²) in [5.41, 5.74) is 1.38. The van der Waals surface area contributed by atoms with Gasteiger partial charge in [-0.3, -0.25) is 4.79 Å². The quantitative estimate of drug-likeness (QED) is 0.570. The highest BCUT2D eigenvalue weighted by Crippen LogP contribution is 2.44. The van der Waals surface area contributed by atoms with E-state index in [1.54, 1.807) is 12.1 Å². The summed E-state index contributed by atoms with van der Waals surface area (Å²) in [6.45, 7) is 1.67. The van der Waals surface area contributed by atoms with Crippen molar-refractivity contribution in [3.05, 3.63) is 44.3 Å². The fourth-order valence-corrected chi connectivity index (χ4v) is 3.70. The van der Waals surface area contributed by atoms with Crippen LogP contribution in [0.3, 0.4) is 0 Å². The van der Waals surface area contributed by atoms with E-state index in [4.69, 9.17) is 28.4 Å². The second-order valence-corrected chi connectivity index (χ2v) is 7.29. The minimum Gasteiger partial charge on any atom is -0.454 e. The third-order valence-corrected chi connectivity index (χ3v) is 5.41. The maximum absolute atomic E-state index is 10.6. The molecule has 3 heterocycles. The highest BCUT2D eigenvalue weighted by molar-refractivity contribution is 9.10. The molecule has 27 heavy (non-hydrogen) atoms. The Bertz CT molecular complexity index is 865. The lowest BCUT2D eigenvalue weighted by molar-refractivity contribution is -0.0461. The molecule has 0 aliphatic carbocycles. The molecule has 0 saturated carbocycles. The van der Waals surface area contributed by atoms with Crippen LogP contribution in [0.5, 0.6) is 23.0 Å². The molecule has 9 heteroatoms. The van der Waals surface area contributed by atoms with Crippen molar-refractivity contribution >= 4 is 38.1 Å². The summed E-state index contributed by atoms with van der Waals surface area (Å²) >= 11 is 6.71. The molecule has 3 aliphatic rings. The number of halogens is 2. The van der Waals surface area contributed by atoms with Gasteiger partial charge in [0.05, 0.1) is 24.3 Å². The van der Waals surface area contributed by atoms with Crippen LogP contribution in [0.1, 0.15) is 22.2 Å². The fraction of sp³-hybridized carbons (Fsp3) is 0.278. The third-order valence-electron chi connectivity index (χ3n) is 4.02. The molecule has 0 N–H and O–H groups in total. The molecule has 0 radical (unpaired) electrons. The van der Waals surface area contributed by atoms with Crippen LogP contribution in [-0.2, 0) is 9.47 Å². The minimum absolute atomic E-state index is 0.187. The van der Waals surface area contributed by atoms with E-state index in [1.165, 1.54) is 0 Å². The Hall–Kier alpha value is -1.81. The molecule has 0 bridgehead atoms. The normalized spacial score (nSPS) is 16.8. The first-order valence-corrected chi connectivity index (χ1v) is 9.62. The average Bonchev–Trinajstić information content (AvgIpc) is 3.43. The van der Waals surface area contributed by atoms with Crippen LogP contribution in [-0.4, -0.2) is 33.1 Å². The van der Waals surface area contributed by atoms with Gasteiger partial charge in [-0.15, -0.1) is 0 Å². The second kappa shape index (κ2) is 8.05. The molecule has 1 saturated heterocycles. The zero-order chi connectivity index (χ0) is 18.8. The van der Waals surface area contributed by atoms with Crippen molar-refractivity contribution in [1.82, 2.24) is 0 Å². The molecular weight excluding hydrogens is 488 g/mol. The maximum atomic E-state index is 10.6. The van der Waals surface area contributed by atoms with Gasteiger partial charge in [0.25, 0.3) is 0 Å². The number of aldehydes is 1. The zero-order valence-electron chi connectivity index (χ0n) is 13.9. The number of ether oxygens (including phenoxy) is 6. The number of carbonyl (C=O) groups is 1. The third kappa shape index (κ3) is 3.64. The Morgan fingerprint density at radius 3 is 2.07 bits per heavy atom. The van der Waals surface area contributed by atoms with Gasteiger partial charge in [0.15, 0.2) is 35.6 Å². The molecule has 0 atom stereocenters. The SMILES string of the molecule is Brc1ccc2c(c1C1OCCO1)OCO2.O=Cc1c(Br)ccc2c1OCO2. The van der Waals surface area contributed by atoms with Gasteiger partial charge in [-0.1, -0.05) is 15.9 Å². The second-order valence-electron chi connectivity index (χ2n) is 5.58. The van der Waals surface area contributed by atoms with Gasteiger partial charge in [0, 0.05) is 8.95 Å². The number of carbonyl (C=O) groups excluding carboxylic acids is 1. The van der Waals surface area contributed by atoms with Crippen molar-refractivity contribution in [2.24, 2.45) is 0 Å². The number of hydrogen-bond donors (Lipinski definition) is 0. The predicted molar refractivity (Wildman–Crippen MR) is 101 cm³/mol.